The molecule has 3 rings (SSSR count). The van der Waals surface area contributed by atoms with Crippen LogP contribution in [-0.2, 0) is 19.4 Å². The molecule has 0 fully saturated rings. The normalized spacial score (nSPS) is 19.8. The molecule has 0 saturated carbocycles. The van der Waals surface area contributed by atoms with Crippen molar-refractivity contribution >= 4 is 5.91 Å². The highest BCUT2D eigenvalue weighted by Crippen LogP contribution is 2.28. The lowest BCUT2D eigenvalue weighted by molar-refractivity contribution is 0.0748. The summed E-state index contributed by atoms with van der Waals surface area (Å²) in [5, 5.41) is 0. The maximum absolute atomic E-state index is 11.8. The number of nitrogens with zero attached hydrogens (tertiary/aromatic N) is 2. The number of fused-ring (bicyclic) bond motifs is 3. The van der Waals surface area contributed by atoms with Crippen molar-refractivity contribution in [3.8, 4) is 0 Å². The fraction of sp³-hybridized carbons (Fsp3) is 0.545. The van der Waals surface area contributed by atoms with Crippen LogP contribution in [0.5, 0.6) is 0 Å². The first-order chi connectivity index (χ1) is 6.77. The summed E-state index contributed by atoms with van der Waals surface area (Å²) in [6.07, 6.45) is 3.58. The van der Waals surface area contributed by atoms with Gasteiger partial charge in [-0.15, -0.1) is 0 Å². The van der Waals surface area contributed by atoms with Crippen LogP contribution in [0, 0.1) is 0 Å². The number of aromatic nitrogens is 1. The molecule has 0 atom stereocenters. The van der Waals surface area contributed by atoms with Gasteiger partial charge in [-0.05, 0) is 30.9 Å². The Hall–Kier alpha value is -1.25. The first-order valence-corrected chi connectivity index (χ1v) is 5.24. The Balaban J connectivity index is 2.15. The molecule has 1 aliphatic carbocycles. The minimum atomic E-state index is 0.186. The van der Waals surface area contributed by atoms with Crippen LogP contribution >= 0.6 is 0 Å². The summed E-state index contributed by atoms with van der Waals surface area (Å²) in [6, 6.07) is 2.10. The van der Waals surface area contributed by atoms with Crippen molar-refractivity contribution in [3.05, 3.63) is 23.0 Å². The van der Waals surface area contributed by atoms with Crippen molar-refractivity contribution in [3.63, 3.8) is 0 Å². The van der Waals surface area contributed by atoms with E-state index in [1.54, 1.807) is 0 Å². The third-order valence-corrected chi connectivity index (χ3v) is 3.38. The summed E-state index contributed by atoms with van der Waals surface area (Å²) in [5.41, 5.74) is 3.73. The largest absolute Gasteiger partial charge is 0.339 e. The molecule has 0 radical (unpaired) electrons. The molecule has 14 heavy (non-hydrogen) atoms. The molecule has 2 heterocycles. The van der Waals surface area contributed by atoms with E-state index < -0.39 is 0 Å². The van der Waals surface area contributed by atoms with Gasteiger partial charge in [-0.1, -0.05) is 0 Å². The van der Waals surface area contributed by atoms with Gasteiger partial charge in [0.15, 0.2) is 0 Å². The fourth-order valence-electron chi connectivity index (χ4n) is 2.58. The van der Waals surface area contributed by atoms with Gasteiger partial charge in [-0.3, -0.25) is 4.79 Å². The van der Waals surface area contributed by atoms with E-state index in [0.717, 1.165) is 31.6 Å². The molecular formula is C11H14N2O. The lowest BCUT2D eigenvalue weighted by Gasteiger charge is -2.25. The lowest BCUT2D eigenvalue weighted by atomic mass is 10.2. The smallest absolute Gasteiger partial charge is 0.270 e. The standard InChI is InChI=1S/C11H14N2O/c1-12-5-6-13-9-4-2-3-8(9)7-10(13)11(12)14/h7H,2-6H2,1H3. The zero-order chi connectivity index (χ0) is 9.71. The van der Waals surface area contributed by atoms with Gasteiger partial charge in [-0.2, -0.15) is 0 Å². The number of hydrogen-bond donors (Lipinski definition) is 0. The quantitative estimate of drug-likeness (QED) is 0.600. The second-order valence-electron chi connectivity index (χ2n) is 4.23. The fourth-order valence-corrected chi connectivity index (χ4v) is 2.58. The average molecular weight is 190 g/mol. The number of rotatable bonds is 0. The zero-order valence-corrected chi connectivity index (χ0v) is 8.42. The summed E-state index contributed by atoms with van der Waals surface area (Å²) in [6.45, 7) is 1.83. The number of hydrogen-bond acceptors (Lipinski definition) is 1. The van der Waals surface area contributed by atoms with Crippen molar-refractivity contribution < 1.29 is 4.79 Å². The number of aryl methyl sites for hydroxylation is 1. The number of amides is 1. The molecule has 1 aromatic rings. The van der Waals surface area contributed by atoms with E-state index >= 15 is 0 Å². The van der Waals surface area contributed by atoms with E-state index in [0.29, 0.717) is 0 Å². The van der Waals surface area contributed by atoms with Gasteiger partial charge in [0.1, 0.15) is 5.69 Å². The van der Waals surface area contributed by atoms with Crippen LogP contribution in [0.4, 0.5) is 0 Å². The Labute approximate surface area is 83.3 Å². The van der Waals surface area contributed by atoms with Crippen LogP contribution in [0.2, 0.25) is 0 Å². The van der Waals surface area contributed by atoms with Crippen molar-refractivity contribution in [2.75, 3.05) is 13.6 Å². The van der Waals surface area contributed by atoms with E-state index in [1.807, 2.05) is 11.9 Å². The molecule has 3 heteroatoms. The molecule has 1 aromatic heterocycles. The molecule has 0 unspecified atom stereocenters. The van der Waals surface area contributed by atoms with Crippen LogP contribution < -0.4 is 0 Å². The third-order valence-electron chi connectivity index (χ3n) is 3.38. The highest BCUT2D eigenvalue weighted by molar-refractivity contribution is 5.93. The lowest BCUT2D eigenvalue weighted by Crippen LogP contribution is -2.37. The molecule has 3 nitrogen and oxygen atoms in total. The summed E-state index contributed by atoms with van der Waals surface area (Å²) in [5.74, 6) is 0.186. The topological polar surface area (TPSA) is 25.2 Å². The zero-order valence-electron chi connectivity index (χ0n) is 8.42. The molecular weight excluding hydrogens is 176 g/mol. The van der Waals surface area contributed by atoms with Crippen LogP contribution in [0.25, 0.3) is 0 Å². The molecule has 1 aliphatic heterocycles. The Morgan fingerprint density at radius 3 is 3.00 bits per heavy atom. The maximum atomic E-state index is 11.8. The summed E-state index contributed by atoms with van der Waals surface area (Å²) in [4.78, 5) is 13.6. The first-order valence-electron chi connectivity index (χ1n) is 5.24. The van der Waals surface area contributed by atoms with E-state index in [-0.39, 0.29) is 5.91 Å². The molecule has 0 bridgehead atoms. The van der Waals surface area contributed by atoms with E-state index in [4.69, 9.17) is 0 Å². The Morgan fingerprint density at radius 1 is 1.29 bits per heavy atom. The molecule has 0 spiro atoms. The van der Waals surface area contributed by atoms with Crippen molar-refractivity contribution in [1.29, 1.82) is 0 Å². The number of likely N-dealkylation sites (N-methyl/N-ethyl adjacent to an activating group) is 1. The highest BCUT2D eigenvalue weighted by atomic mass is 16.2. The van der Waals surface area contributed by atoms with Crippen LogP contribution in [0.15, 0.2) is 6.07 Å². The van der Waals surface area contributed by atoms with Gasteiger partial charge in [0, 0.05) is 25.8 Å². The van der Waals surface area contributed by atoms with E-state index in [1.165, 1.54) is 17.7 Å². The van der Waals surface area contributed by atoms with Crippen LogP contribution in [-0.4, -0.2) is 29.0 Å². The van der Waals surface area contributed by atoms with Crippen molar-refractivity contribution in [1.82, 2.24) is 9.47 Å². The second kappa shape index (κ2) is 2.62. The number of carbonyl (C=O) groups excluding carboxylic acids is 1. The maximum Gasteiger partial charge on any atom is 0.270 e. The predicted molar refractivity (Wildman–Crippen MR) is 53.4 cm³/mol. The molecule has 0 N–H and O–H groups in total. The van der Waals surface area contributed by atoms with Crippen LogP contribution in [0.3, 0.4) is 0 Å². The van der Waals surface area contributed by atoms with Gasteiger partial charge < -0.3 is 9.47 Å². The minimum absolute atomic E-state index is 0.186. The van der Waals surface area contributed by atoms with E-state index in [2.05, 4.69) is 10.6 Å². The van der Waals surface area contributed by atoms with Crippen LogP contribution in [0.1, 0.15) is 28.2 Å². The Bertz CT molecular complexity index is 406. The van der Waals surface area contributed by atoms with Gasteiger partial charge in [0.05, 0.1) is 0 Å². The summed E-state index contributed by atoms with van der Waals surface area (Å²) in [7, 11) is 1.88. The van der Waals surface area contributed by atoms with Gasteiger partial charge >= 0.3 is 0 Å². The average Bonchev–Trinajstić information content (AvgIpc) is 2.71. The van der Waals surface area contributed by atoms with Gasteiger partial charge in [-0.25, -0.2) is 0 Å². The SMILES string of the molecule is CN1CCn2c(cc3c2CCC3)C1=O. The third kappa shape index (κ3) is 0.897. The molecule has 0 aromatic carbocycles. The molecule has 74 valence electrons. The highest BCUT2D eigenvalue weighted by Gasteiger charge is 2.27. The van der Waals surface area contributed by atoms with Gasteiger partial charge in [0.2, 0.25) is 0 Å². The first kappa shape index (κ1) is 8.09. The molecule has 1 amide bonds. The Kier molecular flexibility index (Phi) is 1.52. The van der Waals surface area contributed by atoms with Gasteiger partial charge in [0.25, 0.3) is 5.91 Å². The second-order valence-corrected chi connectivity index (χ2v) is 4.23. The summed E-state index contributed by atoms with van der Waals surface area (Å²) < 4.78 is 2.23. The summed E-state index contributed by atoms with van der Waals surface area (Å²) >= 11 is 0. The monoisotopic (exact) mass is 190 g/mol. The predicted octanol–water partition coefficient (Wildman–Crippen LogP) is 1.06. The minimum Gasteiger partial charge on any atom is -0.339 e. The number of carbonyl (C=O) groups is 1. The molecule has 0 saturated heterocycles. The van der Waals surface area contributed by atoms with Crippen molar-refractivity contribution in [2.45, 2.75) is 25.8 Å². The van der Waals surface area contributed by atoms with E-state index in [9.17, 15) is 4.79 Å². The van der Waals surface area contributed by atoms with Crippen molar-refractivity contribution in [2.24, 2.45) is 0 Å². The Morgan fingerprint density at radius 2 is 2.14 bits per heavy atom. The molecule has 2 aliphatic rings.